The summed E-state index contributed by atoms with van der Waals surface area (Å²) in [7, 11) is 0. The number of aromatic nitrogens is 2. The molecule has 0 bridgehead atoms. The summed E-state index contributed by atoms with van der Waals surface area (Å²) in [6.07, 6.45) is 1.53. The van der Waals surface area contributed by atoms with E-state index < -0.39 is 0 Å². The fraction of sp³-hybridized carbons (Fsp3) is 0.167. The molecule has 134 valence electrons. The summed E-state index contributed by atoms with van der Waals surface area (Å²) in [5.41, 5.74) is 1.78. The average Bonchev–Trinajstić information content (AvgIpc) is 2.60. The summed E-state index contributed by atoms with van der Waals surface area (Å²) in [6, 6.07) is 8.37. The molecule has 0 saturated carbocycles. The number of para-hydroxylation sites is 1. The van der Waals surface area contributed by atoms with Gasteiger partial charge in [0.1, 0.15) is 0 Å². The Morgan fingerprint density at radius 3 is 2.65 bits per heavy atom. The minimum atomic E-state index is -0.304. The van der Waals surface area contributed by atoms with Crippen molar-refractivity contribution in [1.29, 1.82) is 0 Å². The summed E-state index contributed by atoms with van der Waals surface area (Å²) >= 11 is 17.8. The van der Waals surface area contributed by atoms with E-state index in [1.165, 1.54) is 23.0 Å². The molecule has 0 aliphatic carbocycles. The van der Waals surface area contributed by atoms with Crippen molar-refractivity contribution < 1.29 is 4.79 Å². The molecule has 1 amide bonds. The van der Waals surface area contributed by atoms with Crippen molar-refractivity contribution in [2.75, 3.05) is 5.32 Å². The first-order valence-corrected chi connectivity index (χ1v) is 8.89. The molecule has 1 aromatic heterocycles. The Hall–Kier alpha value is -2.08. The average molecular weight is 411 g/mol. The number of fused-ring (bicyclic) bond motifs is 1. The lowest BCUT2D eigenvalue weighted by atomic mass is 10.1. The molecule has 2 aromatic carbocycles. The molecule has 0 aliphatic rings. The van der Waals surface area contributed by atoms with E-state index in [0.29, 0.717) is 21.6 Å². The molecule has 1 heterocycles. The van der Waals surface area contributed by atoms with Gasteiger partial charge in [-0.1, -0.05) is 46.9 Å². The fourth-order valence-electron chi connectivity index (χ4n) is 2.55. The summed E-state index contributed by atoms with van der Waals surface area (Å²) < 4.78 is 1.41. The van der Waals surface area contributed by atoms with Gasteiger partial charge in [-0.3, -0.25) is 14.2 Å². The predicted molar refractivity (Wildman–Crippen MR) is 105 cm³/mol. The second-order valence-corrected chi connectivity index (χ2v) is 6.98. The number of carbonyl (C=O) groups is 1. The van der Waals surface area contributed by atoms with Crippen LogP contribution >= 0.6 is 34.8 Å². The van der Waals surface area contributed by atoms with Gasteiger partial charge in [-0.15, -0.1) is 0 Å². The maximum atomic E-state index is 12.5. The molecule has 0 spiro atoms. The van der Waals surface area contributed by atoms with Crippen LogP contribution in [0.25, 0.3) is 10.9 Å². The van der Waals surface area contributed by atoms with Gasteiger partial charge in [-0.2, -0.15) is 0 Å². The number of hydrogen-bond acceptors (Lipinski definition) is 3. The van der Waals surface area contributed by atoms with Crippen molar-refractivity contribution >= 4 is 57.3 Å². The molecular formula is C18H14Cl3N3O2. The Morgan fingerprint density at radius 2 is 1.88 bits per heavy atom. The van der Waals surface area contributed by atoms with Gasteiger partial charge in [0.25, 0.3) is 5.56 Å². The molecule has 3 aromatic rings. The van der Waals surface area contributed by atoms with Crippen molar-refractivity contribution in [3.63, 3.8) is 0 Å². The van der Waals surface area contributed by atoms with E-state index in [2.05, 4.69) is 10.3 Å². The quantitative estimate of drug-likeness (QED) is 0.634. The third-order valence-electron chi connectivity index (χ3n) is 3.92. The standard InChI is InChI=1S/C18H14Cl3N3O2/c1-10-3-2-4-11-17(10)22-9-24(18(11)26)6-5-16(25)23-15-8-13(20)12(19)7-14(15)21/h2-4,7-9H,5-6H2,1H3,(H,23,25). The number of aryl methyl sites for hydroxylation is 2. The molecular weight excluding hydrogens is 397 g/mol. The minimum absolute atomic E-state index is 0.0789. The zero-order chi connectivity index (χ0) is 18.8. The maximum absolute atomic E-state index is 12.5. The highest BCUT2D eigenvalue weighted by Crippen LogP contribution is 2.32. The second kappa shape index (κ2) is 7.66. The number of halogens is 3. The van der Waals surface area contributed by atoms with Crippen LogP contribution in [0.2, 0.25) is 15.1 Å². The van der Waals surface area contributed by atoms with E-state index in [0.717, 1.165) is 5.56 Å². The molecule has 0 atom stereocenters. The Kier molecular flexibility index (Phi) is 5.51. The zero-order valence-corrected chi connectivity index (χ0v) is 16.0. The molecule has 0 saturated heterocycles. The molecule has 1 N–H and O–H groups in total. The van der Waals surface area contributed by atoms with Gasteiger partial charge in [-0.25, -0.2) is 4.98 Å². The summed E-state index contributed by atoms with van der Waals surface area (Å²) in [5, 5.41) is 4.07. The lowest BCUT2D eigenvalue weighted by molar-refractivity contribution is -0.116. The van der Waals surface area contributed by atoms with E-state index in [-0.39, 0.29) is 34.5 Å². The van der Waals surface area contributed by atoms with Gasteiger partial charge in [0, 0.05) is 13.0 Å². The SMILES string of the molecule is Cc1cccc2c(=O)n(CCC(=O)Nc3cc(Cl)c(Cl)cc3Cl)cnc12. The van der Waals surface area contributed by atoms with Gasteiger partial charge in [0.05, 0.1) is 38.0 Å². The molecule has 5 nitrogen and oxygen atoms in total. The number of hydrogen-bond donors (Lipinski definition) is 1. The molecule has 3 rings (SSSR count). The number of carbonyl (C=O) groups excluding carboxylic acids is 1. The van der Waals surface area contributed by atoms with Gasteiger partial charge in [0.15, 0.2) is 0 Å². The first kappa shape index (κ1) is 18.7. The normalized spacial score (nSPS) is 10.9. The van der Waals surface area contributed by atoms with Crippen molar-refractivity contribution in [2.24, 2.45) is 0 Å². The topological polar surface area (TPSA) is 64.0 Å². The van der Waals surface area contributed by atoms with Crippen LogP contribution in [0.3, 0.4) is 0 Å². The lowest BCUT2D eigenvalue weighted by Gasteiger charge is -2.10. The molecule has 0 radical (unpaired) electrons. The van der Waals surface area contributed by atoms with Crippen LogP contribution in [0.15, 0.2) is 41.5 Å². The number of benzene rings is 2. The van der Waals surface area contributed by atoms with Gasteiger partial charge in [0.2, 0.25) is 5.91 Å². The van der Waals surface area contributed by atoms with Crippen LogP contribution in [0.4, 0.5) is 5.69 Å². The van der Waals surface area contributed by atoms with Crippen LogP contribution in [0.1, 0.15) is 12.0 Å². The van der Waals surface area contributed by atoms with E-state index >= 15 is 0 Å². The first-order valence-electron chi connectivity index (χ1n) is 7.76. The van der Waals surface area contributed by atoms with Crippen molar-refractivity contribution in [3.05, 3.63) is 67.6 Å². The zero-order valence-electron chi connectivity index (χ0n) is 13.7. The number of anilines is 1. The van der Waals surface area contributed by atoms with Gasteiger partial charge >= 0.3 is 0 Å². The first-order chi connectivity index (χ1) is 12.4. The Morgan fingerprint density at radius 1 is 1.15 bits per heavy atom. The highest BCUT2D eigenvalue weighted by Gasteiger charge is 2.11. The highest BCUT2D eigenvalue weighted by atomic mass is 35.5. The summed E-state index contributed by atoms with van der Waals surface area (Å²) in [4.78, 5) is 29.0. The van der Waals surface area contributed by atoms with E-state index in [1.54, 1.807) is 6.07 Å². The van der Waals surface area contributed by atoms with Crippen molar-refractivity contribution in [1.82, 2.24) is 9.55 Å². The Balaban J connectivity index is 1.74. The van der Waals surface area contributed by atoms with Crippen molar-refractivity contribution in [2.45, 2.75) is 19.9 Å². The largest absolute Gasteiger partial charge is 0.325 e. The minimum Gasteiger partial charge on any atom is -0.325 e. The predicted octanol–water partition coefficient (Wildman–Crippen LogP) is 4.69. The monoisotopic (exact) mass is 409 g/mol. The van der Waals surface area contributed by atoms with Crippen LogP contribution in [0.5, 0.6) is 0 Å². The highest BCUT2D eigenvalue weighted by molar-refractivity contribution is 6.44. The number of nitrogens with zero attached hydrogens (tertiary/aromatic N) is 2. The van der Waals surface area contributed by atoms with E-state index in [1.807, 2.05) is 19.1 Å². The molecule has 0 fully saturated rings. The third-order valence-corrected chi connectivity index (χ3v) is 4.95. The van der Waals surface area contributed by atoms with Crippen LogP contribution < -0.4 is 10.9 Å². The summed E-state index contributed by atoms with van der Waals surface area (Å²) in [6.45, 7) is 2.09. The lowest BCUT2D eigenvalue weighted by Crippen LogP contribution is -2.24. The third kappa shape index (κ3) is 3.85. The number of amides is 1. The molecule has 0 unspecified atom stereocenters. The van der Waals surface area contributed by atoms with E-state index in [4.69, 9.17) is 34.8 Å². The van der Waals surface area contributed by atoms with Gasteiger partial charge < -0.3 is 5.32 Å². The smallest absolute Gasteiger partial charge is 0.261 e. The van der Waals surface area contributed by atoms with Crippen molar-refractivity contribution in [3.8, 4) is 0 Å². The molecule has 0 aliphatic heterocycles. The number of nitrogens with one attached hydrogen (secondary N) is 1. The van der Waals surface area contributed by atoms with Crippen LogP contribution in [-0.4, -0.2) is 15.5 Å². The number of rotatable bonds is 4. The van der Waals surface area contributed by atoms with Crippen LogP contribution in [0, 0.1) is 6.92 Å². The second-order valence-electron chi connectivity index (χ2n) is 5.76. The Labute approximate surface area is 164 Å². The van der Waals surface area contributed by atoms with Crippen LogP contribution in [-0.2, 0) is 11.3 Å². The summed E-state index contributed by atoms with van der Waals surface area (Å²) in [5.74, 6) is -0.304. The molecule has 26 heavy (non-hydrogen) atoms. The molecule has 8 heteroatoms. The van der Waals surface area contributed by atoms with E-state index in [9.17, 15) is 9.59 Å². The maximum Gasteiger partial charge on any atom is 0.261 e. The van der Waals surface area contributed by atoms with Gasteiger partial charge in [-0.05, 0) is 30.7 Å². The Bertz CT molecular complexity index is 1060. The fourth-order valence-corrected chi connectivity index (χ4v) is 3.14.